The number of ether oxygens (including phenoxy) is 7. The molecule has 20 atom stereocenters. The second-order valence-electron chi connectivity index (χ2n) is 14.4. The highest BCUT2D eigenvalue weighted by atomic mass is 31.2. The molecule has 0 aromatic rings. The third-order valence-corrected chi connectivity index (χ3v) is 11.1. The average molecular weight is 941 g/mol. The first kappa shape index (κ1) is 52.0. The van der Waals surface area contributed by atoms with Crippen LogP contribution in [-0.4, -0.2) is 241 Å². The Labute approximate surface area is 341 Å². The van der Waals surface area contributed by atoms with Crippen molar-refractivity contribution in [2.45, 2.75) is 135 Å². The highest BCUT2D eigenvalue weighted by molar-refractivity contribution is 7.46. The minimum absolute atomic E-state index is 0.927. The van der Waals surface area contributed by atoms with E-state index in [0.717, 1.165) is 0 Å². The van der Waals surface area contributed by atoms with Crippen LogP contribution < -0.4 is 11.5 Å². The lowest BCUT2D eigenvalue weighted by molar-refractivity contribution is -0.377. The van der Waals surface area contributed by atoms with Gasteiger partial charge in [0.1, 0.15) is 73.2 Å². The predicted molar refractivity (Wildman–Crippen MR) is 182 cm³/mol. The van der Waals surface area contributed by atoms with Crippen LogP contribution in [0.15, 0.2) is 0 Å². The maximum absolute atomic E-state index is 13.0. The Morgan fingerprint density at radius 2 is 1.18 bits per heavy atom. The van der Waals surface area contributed by atoms with Gasteiger partial charge in [0.05, 0.1) is 50.7 Å². The third-order valence-electron chi connectivity index (χ3n) is 10.0. The van der Waals surface area contributed by atoms with Gasteiger partial charge in [-0.2, -0.15) is 0 Å². The van der Waals surface area contributed by atoms with Crippen molar-refractivity contribution in [3.63, 3.8) is 0 Å². The third kappa shape index (κ3) is 12.0. The molecule has 0 unspecified atom stereocenters. The summed E-state index contributed by atoms with van der Waals surface area (Å²) in [4.78, 5) is 63.2. The summed E-state index contributed by atoms with van der Waals surface area (Å²) in [7, 11) is -10.9. The topological polar surface area (TPSA) is 527 Å². The van der Waals surface area contributed by atoms with Crippen molar-refractivity contribution < 1.29 is 142 Å². The van der Waals surface area contributed by atoms with E-state index in [2.05, 4.69) is 9.05 Å². The van der Waals surface area contributed by atoms with Crippen molar-refractivity contribution in [1.82, 2.24) is 0 Å². The highest BCUT2D eigenvalue weighted by Gasteiger charge is 2.61. The molecule has 0 bridgehead atoms. The van der Waals surface area contributed by atoms with Crippen LogP contribution in [0, 0.1) is 0 Å². The molecule has 33 heteroatoms. The van der Waals surface area contributed by atoms with Gasteiger partial charge in [-0.3, -0.25) is 9.05 Å². The van der Waals surface area contributed by atoms with Gasteiger partial charge in [0, 0.05) is 12.8 Å². The monoisotopic (exact) mass is 940 g/mol. The molecule has 356 valence electrons. The van der Waals surface area contributed by atoms with Crippen molar-refractivity contribution in [2.24, 2.45) is 11.5 Å². The minimum Gasteiger partial charge on any atom is -0.477 e. The van der Waals surface area contributed by atoms with E-state index >= 15 is 0 Å². The quantitative estimate of drug-likeness (QED) is 0.0567. The first-order valence-corrected chi connectivity index (χ1v) is 20.9. The Balaban J connectivity index is 1.64. The van der Waals surface area contributed by atoms with Gasteiger partial charge in [-0.15, -0.1) is 0 Å². The number of aliphatic hydroxyl groups excluding tert-OH is 10. The maximum atomic E-state index is 13.0. The Bertz CT molecular complexity index is 1590. The second-order valence-corrected chi connectivity index (χ2v) is 16.8. The number of phosphoric acid groups is 2. The zero-order valence-corrected chi connectivity index (χ0v) is 32.9. The van der Waals surface area contributed by atoms with E-state index in [1.807, 2.05) is 0 Å². The van der Waals surface area contributed by atoms with Crippen molar-refractivity contribution in [3.05, 3.63) is 0 Å². The number of aliphatic carboxylic acids is 2. The number of carboxylic acid groups (broad SMARTS) is 2. The van der Waals surface area contributed by atoms with Gasteiger partial charge in [0.25, 0.3) is 11.6 Å². The lowest BCUT2D eigenvalue weighted by atomic mass is 9.90. The van der Waals surface area contributed by atoms with Crippen LogP contribution in [0.3, 0.4) is 0 Å². The Morgan fingerprint density at radius 3 is 1.70 bits per heavy atom. The number of carboxylic acids is 2. The fourth-order valence-electron chi connectivity index (χ4n) is 6.86. The summed E-state index contributed by atoms with van der Waals surface area (Å²) < 4.78 is 70.5. The zero-order valence-electron chi connectivity index (χ0n) is 31.1. The van der Waals surface area contributed by atoms with Gasteiger partial charge >= 0.3 is 27.6 Å². The summed E-state index contributed by atoms with van der Waals surface area (Å²) in [6.07, 6.45) is -35.9. The maximum Gasteiger partial charge on any atom is 0.471 e. The molecule has 0 aromatic carbocycles. The summed E-state index contributed by atoms with van der Waals surface area (Å²) in [6.45, 7) is -4.64. The van der Waals surface area contributed by atoms with Crippen molar-refractivity contribution in [3.8, 4) is 0 Å². The molecule has 0 spiro atoms. The lowest BCUT2D eigenvalue weighted by Gasteiger charge is -2.50. The van der Waals surface area contributed by atoms with E-state index in [1.54, 1.807) is 0 Å². The fraction of sp³-hybridized carbons (Fsp3) is 0.929. The fourth-order valence-corrected chi connectivity index (χ4v) is 7.90. The van der Waals surface area contributed by atoms with E-state index < -0.39 is 189 Å². The molecule has 4 aliphatic heterocycles. The second kappa shape index (κ2) is 20.3. The molecule has 4 aliphatic rings. The molecule has 4 heterocycles. The molecule has 0 aliphatic carbocycles. The van der Waals surface area contributed by atoms with Gasteiger partial charge in [-0.1, -0.05) is 0 Å². The first-order valence-electron chi connectivity index (χ1n) is 17.8. The normalized spacial score (nSPS) is 43.7. The lowest BCUT2D eigenvalue weighted by Crippen LogP contribution is -2.68. The molecule has 4 rings (SSSR count). The summed E-state index contributed by atoms with van der Waals surface area (Å²) in [5.41, 5.74) is 11.6. The average Bonchev–Trinajstić information content (AvgIpc) is 3.17. The molecule has 0 amide bonds. The molecule has 0 saturated carbocycles. The standard InChI is InChI=1S/C28H50N2O29P2/c29-13-18(39)16(37)11(53-24(13)59-61(48,49)50)5-51-23-14(30)19(40)22(58-60(45,46)47)12(54-23)6-52-27(25(41)42)2-10(17(38)21(56-27)9(35)4-32)55-28(26(43)44)1-7(33)15(36)20(57-28)8(34)3-31/h7-24,31-40H,1-6,29-30H2,(H,41,42)(H,43,44)(H2,45,46,47)(H2,48,49,50)/t7-,8-,9-,10-,11-,12-,13-,14-,15-,16-,17-,18-,19-,20-,21-,22-,23-,24-,27-,28-/m1/s1. The van der Waals surface area contributed by atoms with Crippen LogP contribution in [0.2, 0.25) is 0 Å². The van der Waals surface area contributed by atoms with Crippen LogP contribution in [0.5, 0.6) is 0 Å². The van der Waals surface area contributed by atoms with E-state index in [1.165, 1.54) is 0 Å². The Morgan fingerprint density at radius 1 is 0.672 bits per heavy atom. The number of phosphoric ester groups is 2. The number of aliphatic hydroxyl groups is 10. The number of hydrogen-bond donors (Lipinski definition) is 18. The minimum atomic E-state index is -5.60. The molecule has 0 radical (unpaired) electrons. The predicted octanol–water partition coefficient (Wildman–Crippen LogP) is -9.89. The van der Waals surface area contributed by atoms with Gasteiger partial charge < -0.3 is 125 Å². The van der Waals surface area contributed by atoms with Crippen molar-refractivity contribution >= 4 is 27.6 Å². The summed E-state index contributed by atoms with van der Waals surface area (Å²) in [5.74, 6) is -10.7. The Kier molecular flexibility index (Phi) is 17.3. The number of rotatable bonds is 18. The van der Waals surface area contributed by atoms with E-state index in [-0.39, 0.29) is 0 Å². The van der Waals surface area contributed by atoms with Crippen LogP contribution in [0.25, 0.3) is 0 Å². The molecule has 61 heavy (non-hydrogen) atoms. The largest absolute Gasteiger partial charge is 0.477 e. The number of nitrogens with two attached hydrogens (primary N) is 2. The van der Waals surface area contributed by atoms with E-state index in [9.17, 15) is 99.6 Å². The van der Waals surface area contributed by atoms with Gasteiger partial charge in [-0.25, -0.2) is 18.7 Å². The van der Waals surface area contributed by atoms with Gasteiger partial charge in [0.2, 0.25) is 0 Å². The number of hydrogen-bond acceptors (Lipinski definition) is 25. The molecule has 4 fully saturated rings. The molecule has 0 aromatic heterocycles. The molecular formula is C28H50N2O29P2. The van der Waals surface area contributed by atoms with Crippen LogP contribution in [-0.2, 0) is 60.9 Å². The smallest absolute Gasteiger partial charge is 0.471 e. The summed E-state index contributed by atoms with van der Waals surface area (Å²) in [6, 6.07) is -3.56. The molecule has 31 nitrogen and oxygen atoms in total. The SMILES string of the molecule is N[C@H]1[C@@H](OP(=O)(O)O)O[C@H](CO[C@@H]2O[C@H](CO[C@]3(C(=O)O)C[C@@H](O[C@]4(C(=O)O)C[C@@H](O)[C@@H](O)[C@@H]([C@H](O)CO)O4)[C@@H](O)[C@@H]([C@H](O)CO)O3)[C@@H](OP(=O)(O)O)[C@H](O)[C@H]2N)[C@@H](O)[C@@H]1O. The van der Waals surface area contributed by atoms with Gasteiger partial charge in [0.15, 0.2) is 12.6 Å². The Hall–Kier alpha value is -1.60. The summed E-state index contributed by atoms with van der Waals surface area (Å²) in [5, 5.41) is 124. The van der Waals surface area contributed by atoms with Crippen LogP contribution in [0.4, 0.5) is 0 Å². The zero-order chi connectivity index (χ0) is 46.2. The van der Waals surface area contributed by atoms with Crippen LogP contribution >= 0.6 is 15.6 Å². The molecule has 20 N–H and O–H groups in total. The van der Waals surface area contributed by atoms with Crippen LogP contribution in [0.1, 0.15) is 12.8 Å². The van der Waals surface area contributed by atoms with E-state index in [4.69, 9.17) is 44.6 Å². The summed E-state index contributed by atoms with van der Waals surface area (Å²) >= 11 is 0. The van der Waals surface area contributed by atoms with Crippen molar-refractivity contribution in [1.29, 1.82) is 0 Å². The van der Waals surface area contributed by atoms with E-state index in [0.29, 0.717) is 0 Å². The molecule has 4 saturated heterocycles. The highest BCUT2D eigenvalue weighted by Crippen LogP contribution is 2.44. The van der Waals surface area contributed by atoms with Crippen molar-refractivity contribution in [2.75, 3.05) is 26.4 Å². The number of carbonyl (C=O) groups is 2. The first-order chi connectivity index (χ1) is 28.1. The molecular weight excluding hydrogens is 890 g/mol. The van der Waals surface area contributed by atoms with Gasteiger partial charge in [-0.05, 0) is 0 Å².